The summed E-state index contributed by atoms with van der Waals surface area (Å²) in [6.07, 6.45) is 2.85. The molecule has 2 aliphatic rings. The summed E-state index contributed by atoms with van der Waals surface area (Å²) >= 11 is 3.11. The first kappa shape index (κ1) is 21.3. The quantitative estimate of drug-likeness (QED) is 0.489. The third-order valence-corrected chi connectivity index (χ3v) is 7.65. The van der Waals surface area contributed by atoms with Crippen LogP contribution in [-0.2, 0) is 11.3 Å². The van der Waals surface area contributed by atoms with Crippen molar-refractivity contribution in [1.82, 2.24) is 19.7 Å². The van der Waals surface area contributed by atoms with Gasteiger partial charge in [-0.2, -0.15) is 0 Å². The van der Waals surface area contributed by atoms with Crippen LogP contribution in [0.1, 0.15) is 37.8 Å². The van der Waals surface area contributed by atoms with E-state index in [9.17, 15) is 4.79 Å². The zero-order chi connectivity index (χ0) is 21.9. The summed E-state index contributed by atoms with van der Waals surface area (Å²) in [6, 6.07) is 10.2. The van der Waals surface area contributed by atoms with E-state index in [-0.39, 0.29) is 11.9 Å². The second kappa shape index (κ2) is 9.54. The first-order chi connectivity index (χ1) is 15.7. The van der Waals surface area contributed by atoms with Crippen LogP contribution in [0.25, 0.3) is 10.7 Å². The first-order valence-electron chi connectivity index (χ1n) is 11.0. The van der Waals surface area contributed by atoms with E-state index in [0.717, 1.165) is 65.3 Å². The minimum Gasteiger partial charge on any atom is -0.490 e. The van der Waals surface area contributed by atoms with Gasteiger partial charge in [-0.25, -0.2) is 0 Å². The van der Waals surface area contributed by atoms with Crippen molar-refractivity contribution < 1.29 is 14.3 Å². The predicted octanol–water partition coefficient (Wildman–Crippen LogP) is 4.64. The van der Waals surface area contributed by atoms with Crippen LogP contribution in [0.2, 0.25) is 0 Å². The number of ether oxygens (including phenoxy) is 2. The van der Waals surface area contributed by atoms with Crippen LogP contribution in [-0.4, -0.2) is 51.1 Å². The second-order valence-electron chi connectivity index (χ2n) is 7.82. The molecule has 0 saturated carbocycles. The molecule has 0 unspecified atom stereocenters. The highest BCUT2D eigenvalue weighted by Gasteiger charge is 2.31. The van der Waals surface area contributed by atoms with E-state index >= 15 is 0 Å². The lowest BCUT2D eigenvalue weighted by atomic mass is 10.0. The van der Waals surface area contributed by atoms with E-state index in [0.29, 0.717) is 19.0 Å². The Morgan fingerprint density at radius 2 is 2.06 bits per heavy atom. The van der Waals surface area contributed by atoms with E-state index in [1.165, 1.54) is 11.8 Å². The number of benzene rings is 1. The number of likely N-dealkylation sites (tertiary alicyclic amines) is 1. The van der Waals surface area contributed by atoms with Crippen LogP contribution in [0.4, 0.5) is 0 Å². The van der Waals surface area contributed by atoms with Crippen LogP contribution >= 0.6 is 23.1 Å². The molecule has 5 rings (SSSR count). The van der Waals surface area contributed by atoms with Crippen LogP contribution in [0.5, 0.6) is 11.5 Å². The number of nitrogens with zero attached hydrogens (tertiary/aromatic N) is 4. The third-order valence-electron chi connectivity index (χ3n) is 5.83. The van der Waals surface area contributed by atoms with Gasteiger partial charge >= 0.3 is 0 Å². The Hall–Kier alpha value is -2.52. The van der Waals surface area contributed by atoms with Crippen molar-refractivity contribution >= 4 is 29.0 Å². The van der Waals surface area contributed by atoms with Gasteiger partial charge in [0.2, 0.25) is 5.91 Å². The molecule has 1 fully saturated rings. The first-order valence-corrected chi connectivity index (χ1v) is 12.9. The minimum absolute atomic E-state index is 0.0750. The Bertz CT molecular complexity index is 1080. The van der Waals surface area contributed by atoms with Gasteiger partial charge in [-0.05, 0) is 48.9 Å². The number of fused-ring (bicyclic) bond motifs is 1. The maximum atomic E-state index is 13.2. The zero-order valence-electron chi connectivity index (χ0n) is 18.0. The van der Waals surface area contributed by atoms with Gasteiger partial charge in [0.05, 0.1) is 29.9 Å². The highest BCUT2D eigenvalue weighted by atomic mass is 32.2. The highest BCUT2D eigenvalue weighted by molar-refractivity contribution is 7.99. The number of thiophene rings is 1. The van der Waals surface area contributed by atoms with Crippen molar-refractivity contribution in [2.24, 2.45) is 0 Å². The lowest BCUT2D eigenvalue weighted by Gasteiger charge is -2.25. The molecule has 9 heteroatoms. The number of hydrogen-bond acceptors (Lipinski definition) is 7. The molecule has 1 saturated heterocycles. The summed E-state index contributed by atoms with van der Waals surface area (Å²) < 4.78 is 13.7. The lowest BCUT2D eigenvalue weighted by Crippen LogP contribution is -2.32. The molecule has 32 heavy (non-hydrogen) atoms. The molecule has 168 valence electrons. The highest BCUT2D eigenvalue weighted by Crippen LogP contribution is 2.38. The van der Waals surface area contributed by atoms with Crippen LogP contribution in [0.3, 0.4) is 0 Å². The lowest BCUT2D eigenvalue weighted by molar-refractivity contribution is -0.129. The van der Waals surface area contributed by atoms with E-state index in [2.05, 4.69) is 27.8 Å². The molecule has 1 aromatic carbocycles. The van der Waals surface area contributed by atoms with Gasteiger partial charge in [0.25, 0.3) is 0 Å². The van der Waals surface area contributed by atoms with Gasteiger partial charge in [0.15, 0.2) is 22.5 Å². The van der Waals surface area contributed by atoms with Gasteiger partial charge in [0.1, 0.15) is 0 Å². The molecule has 0 radical (unpaired) electrons. The number of carbonyl (C=O) groups excluding carboxylic acids is 1. The Morgan fingerprint density at radius 1 is 1.19 bits per heavy atom. The standard InChI is InChI=1S/C23H26N4O3S2/c1-2-26-22(20-7-4-13-31-20)24-25-23(26)32-15-21(28)27-10-3-6-17(27)16-8-9-18-19(14-16)30-12-5-11-29-18/h4,7-9,13-14,17H,2-3,5-6,10-12,15H2,1H3/t17-/m1/s1. The number of carbonyl (C=O) groups is 1. The summed E-state index contributed by atoms with van der Waals surface area (Å²) in [5, 5.41) is 11.5. The predicted molar refractivity (Wildman–Crippen MR) is 125 cm³/mol. The zero-order valence-corrected chi connectivity index (χ0v) is 19.7. The number of aromatic nitrogens is 3. The molecule has 4 heterocycles. The van der Waals surface area contributed by atoms with E-state index < -0.39 is 0 Å². The SMILES string of the molecule is CCn1c(SCC(=O)N2CCC[C@@H]2c2ccc3c(c2)OCCCO3)nnc1-c1cccs1. The Balaban J connectivity index is 1.28. The van der Waals surface area contributed by atoms with Crippen molar-refractivity contribution in [3.63, 3.8) is 0 Å². The summed E-state index contributed by atoms with van der Waals surface area (Å²) in [6.45, 7) is 4.95. The monoisotopic (exact) mass is 470 g/mol. The maximum Gasteiger partial charge on any atom is 0.233 e. The molecule has 0 spiro atoms. The number of thioether (sulfide) groups is 1. The molecular formula is C23H26N4O3S2. The average molecular weight is 471 g/mol. The van der Waals surface area contributed by atoms with Crippen LogP contribution < -0.4 is 9.47 Å². The van der Waals surface area contributed by atoms with Crippen LogP contribution in [0.15, 0.2) is 40.9 Å². The molecule has 0 N–H and O–H groups in total. The molecular weight excluding hydrogens is 444 g/mol. The molecule has 2 aliphatic heterocycles. The molecule has 1 amide bonds. The van der Waals surface area contributed by atoms with E-state index in [1.807, 2.05) is 34.5 Å². The van der Waals surface area contributed by atoms with Crippen LogP contribution in [0, 0.1) is 0 Å². The van der Waals surface area contributed by atoms with Gasteiger partial charge in [-0.1, -0.05) is 23.9 Å². The topological polar surface area (TPSA) is 69.5 Å². The van der Waals surface area contributed by atoms with Crippen molar-refractivity contribution in [3.05, 3.63) is 41.3 Å². The third kappa shape index (κ3) is 4.23. The largest absolute Gasteiger partial charge is 0.490 e. The second-order valence-corrected chi connectivity index (χ2v) is 9.71. The van der Waals surface area contributed by atoms with Gasteiger partial charge in [0, 0.05) is 19.5 Å². The van der Waals surface area contributed by atoms with E-state index in [4.69, 9.17) is 9.47 Å². The fourth-order valence-corrected chi connectivity index (χ4v) is 5.88. The smallest absolute Gasteiger partial charge is 0.233 e. The van der Waals surface area contributed by atoms with Crippen molar-refractivity contribution in [2.75, 3.05) is 25.5 Å². The minimum atomic E-state index is 0.0750. The van der Waals surface area contributed by atoms with Crippen molar-refractivity contribution in [1.29, 1.82) is 0 Å². The molecule has 7 nitrogen and oxygen atoms in total. The Labute approximate surface area is 195 Å². The molecule has 0 bridgehead atoms. The van der Waals surface area contributed by atoms with E-state index in [1.54, 1.807) is 11.3 Å². The van der Waals surface area contributed by atoms with Gasteiger partial charge < -0.3 is 18.9 Å². The molecule has 0 aliphatic carbocycles. The fourth-order valence-electron chi connectivity index (χ4n) is 4.28. The summed E-state index contributed by atoms with van der Waals surface area (Å²) in [4.78, 5) is 16.3. The molecule has 3 aromatic rings. The number of hydrogen-bond donors (Lipinski definition) is 0. The summed E-state index contributed by atoms with van der Waals surface area (Å²) in [7, 11) is 0. The maximum absolute atomic E-state index is 13.2. The van der Waals surface area contributed by atoms with Crippen molar-refractivity contribution in [2.45, 2.75) is 43.9 Å². The number of amides is 1. The summed E-state index contributed by atoms with van der Waals surface area (Å²) in [5.74, 6) is 2.92. The normalized spacial score (nSPS) is 18.0. The number of rotatable bonds is 6. The van der Waals surface area contributed by atoms with Gasteiger partial charge in [-0.15, -0.1) is 21.5 Å². The Morgan fingerprint density at radius 3 is 2.88 bits per heavy atom. The van der Waals surface area contributed by atoms with Crippen molar-refractivity contribution in [3.8, 4) is 22.2 Å². The molecule has 1 atom stereocenters. The average Bonchev–Trinajstić information content (AvgIpc) is 3.55. The Kier molecular flexibility index (Phi) is 6.36. The fraction of sp³-hybridized carbons (Fsp3) is 0.435. The molecule has 2 aromatic heterocycles. The summed E-state index contributed by atoms with van der Waals surface area (Å²) in [5.41, 5.74) is 1.11. The van der Waals surface area contributed by atoms with Gasteiger partial charge in [-0.3, -0.25) is 4.79 Å².